The molecule has 0 aliphatic heterocycles. The van der Waals surface area contributed by atoms with Gasteiger partial charge in [0.05, 0.1) is 4.90 Å². The third-order valence-corrected chi connectivity index (χ3v) is 6.49. The fourth-order valence-electron chi connectivity index (χ4n) is 3.18. The Hall–Kier alpha value is -3.59. The van der Waals surface area contributed by atoms with Gasteiger partial charge in [-0.25, -0.2) is 18.7 Å². The van der Waals surface area contributed by atoms with Crippen molar-refractivity contribution in [1.82, 2.24) is 15.1 Å². The highest BCUT2D eigenvalue weighted by atomic mass is 32.2. The number of amides is 2. The van der Waals surface area contributed by atoms with E-state index in [-0.39, 0.29) is 31.0 Å². The normalized spacial score (nSPS) is 11.6. The van der Waals surface area contributed by atoms with Gasteiger partial charge in [-0.1, -0.05) is 36.3 Å². The van der Waals surface area contributed by atoms with Gasteiger partial charge in [-0.2, -0.15) is 4.72 Å². The van der Waals surface area contributed by atoms with Crippen LogP contribution in [0.25, 0.3) is 0 Å². The molecule has 4 N–H and O–H groups in total. The SMILES string of the molecule is CC#CCOc1ccc(S(=O)(=O)N[C@H](CCCCN(Cc2ccccc2)C(=O)O)C(=O)NO)cc1. The summed E-state index contributed by atoms with van der Waals surface area (Å²) >= 11 is 0. The van der Waals surface area contributed by atoms with E-state index in [0.29, 0.717) is 18.6 Å². The molecule has 2 aromatic rings. The number of carbonyl (C=O) groups excluding carboxylic acids is 1. The first kappa shape index (κ1) is 27.7. The average Bonchev–Trinajstić information content (AvgIpc) is 2.85. The summed E-state index contributed by atoms with van der Waals surface area (Å²) in [6.45, 7) is 2.27. The minimum atomic E-state index is -4.07. The molecule has 0 fully saturated rings. The van der Waals surface area contributed by atoms with Crippen LogP contribution >= 0.6 is 0 Å². The first-order chi connectivity index (χ1) is 16.8. The van der Waals surface area contributed by atoms with Crippen molar-refractivity contribution in [1.29, 1.82) is 0 Å². The maximum absolute atomic E-state index is 12.7. The standard InChI is InChI=1S/C24H29N3O7S/c1-2-3-17-34-20-12-14-21(15-13-20)35(32,33)26-22(23(28)25-31)11-7-8-16-27(24(29)30)18-19-9-5-4-6-10-19/h4-6,9-10,12-15,22,26,31H,7-8,11,16-18H2,1H3,(H,25,28)(H,29,30)/t22-/m1/s1. The number of unbranched alkanes of at least 4 members (excludes halogenated alkanes) is 1. The summed E-state index contributed by atoms with van der Waals surface area (Å²) in [4.78, 5) is 24.8. The Morgan fingerprint density at radius 2 is 1.77 bits per heavy atom. The highest BCUT2D eigenvalue weighted by Gasteiger charge is 2.25. The van der Waals surface area contributed by atoms with Crippen LogP contribution in [0.3, 0.4) is 0 Å². The lowest BCUT2D eigenvalue weighted by molar-refractivity contribution is -0.131. The van der Waals surface area contributed by atoms with E-state index in [1.54, 1.807) is 6.92 Å². The van der Waals surface area contributed by atoms with E-state index in [0.717, 1.165) is 5.56 Å². The van der Waals surface area contributed by atoms with Gasteiger partial charge in [0.2, 0.25) is 10.0 Å². The Balaban J connectivity index is 1.95. The van der Waals surface area contributed by atoms with Crippen LogP contribution in [0, 0.1) is 11.8 Å². The van der Waals surface area contributed by atoms with Crippen LogP contribution in [-0.2, 0) is 21.4 Å². The molecule has 11 heteroatoms. The molecule has 0 saturated carbocycles. The minimum Gasteiger partial charge on any atom is -0.481 e. The van der Waals surface area contributed by atoms with Gasteiger partial charge in [0, 0.05) is 13.1 Å². The van der Waals surface area contributed by atoms with E-state index in [1.807, 2.05) is 30.3 Å². The number of carboxylic acid groups (broad SMARTS) is 1. The molecule has 2 amide bonds. The van der Waals surface area contributed by atoms with E-state index < -0.39 is 28.1 Å². The van der Waals surface area contributed by atoms with Gasteiger partial charge in [0.25, 0.3) is 5.91 Å². The summed E-state index contributed by atoms with van der Waals surface area (Å²) in [6.07, 6.45) is -0.289. The number of ether oxygens (including phenoxy) is 1. The molecule has 2 rings (SSSR count). The Kier molecular flexibility index (Phi) is 11.0. The second-order valence-corrected chi connectivity index (χ2v) is 9.24. The summed E-state index contributed by atoms with van der Waals surface area (Å²) < 4.78 is 33.1. The van der Waals surface area contributed by atoms with Gasteiger partial charge in [-0.05, 0) is 56.0 Å². The first-order valence-electron chi connectivity index (χ1n) is 10.9. The fraction of sp³-hybridized carbons (Fsp3) is 0.333. The molecule has 0 aliphatic carbocycles. The lowest BCUT2D eigenvalue weighted by Gasteiger charge is -2.20. The number of rotatable bonds is 13. The minimum absolute atomic E-state index is 0.0568. The van der Waals surface area contributed by atoms with Crippen molar-refractivity contribution in [3.63, 3.8) is 0 Å². The maximum Gasteiger partial charge on any atom is 0.407 e. The monoisotopic (exact) mass is 503 g/mol. The van der Waals surface area contributed by atoms with Crippen LogP contribution in [-0.4, -0.2) is 54.8 Å². The highest BCUT2D eigenvalue weighted by molar-refractivity contribution is 7.89. The lowest BCUT2D eigenvalue weighted by Crippen LogP contribution is -2.45. The average molecular weight is 504 g/mol. The number of nitrogens with one attached hydrogen (secondary N) is 2. The number of nitrogens with zero attached hydrogens (tertiary/aromatic N) is 1. The van der Waals surface area contributed by atoms with Crippen molar-refractivity contribution < 1.29 is 33.1 Å². The van der Waals surface area contributed by atoms with Crippen molar-refractivity contribution in [2.45, 2.75) is 43.7 Å². The highest BCUT2D eigenvalue weighted by Crippen LogP contribution is 2.17. The Labute approximate surface area is 204 Å². The molecule has 35 heavy (non-hydrogen) atoms. The Morgan fingerprint density at radius 3 is 2.37 bits per heavy atom. The van der Waals surface area contributed by atoms with Gasteiger partial charge in [-0.3, -0.25) is 10.0 Å². The zero-order valence-electron chi connectivity index (χ0n) is 19.3. The lowest BCUT2D eigenvalue weighted by atomic mass is 10.1. The molecular weight excluding hydrogens is 474 g/mol. The van der Waals surface area contributed by atoms with E-state index >= 15 is 0 Å². The number of sulfonamides is 1. The van der Waals surface area contributed by atoms with Gasteiger partial charge >= 0.3 is 6.09 Å². The molecule has 0 unspecified atom stereocenters. The summed E-state index contributed by atoms with van der Waals surface area (Å²) in [6, 6.07) is 13.5. The van der Waals surface area contributed by atoms with E-state index in [1.165, 1.54) is 34.6 Å². The Bertz CT molecular complexity index is 1130. The van der Waals surface area contributed by atoms with Crippen molar-refractivity contribution in [2.24, 2.45) is 0 Å². The molecule has 188 valence electrons. The predicted molar refractivity (Wildman–Crippen MR) is 128 cm³/mol. The quantitative estimate of drug-likeness (QED) is 0.142. The third-order valence-electron chi connectivity index (χ3n) is 5.00. The van der Waals surface area contributed by atoms with Crippen LogP contribution in [0.5, 0.6) is 5.75 Å². The zero-order valence-corrected chi connectivity index (χ0v) is 20.1. The van der Waals surface area contributed by atoms with Gasteiger partial charge in [0.1, 0.15) is 18.4 Å². The molecule has 0 aromatic heterocycles. The van der Waals surface area contributed by atoms with Crippen LogP contribution in [0.1, 0.15) is 31.7 Å². The van der Waals surface area contributed by atoms with E-state index in [2.05, 4.69) is 16.6 Å². The van der Waals surface area contributed by atoms with Crippen LogP contribution in [0.2, 0.25) is 0 Å². The number of hydroxylamine groups is 1. The van der Waals surface area contributed by atoms with Gasteiger partial charge in [0.15, 0.2) is 0 Å². The van der Waals surface area contributed by atoms with Crippen molar-refractivity contribution >= 4 is 22.0 Å². The molecule has 0 heterocycles. The summed E-state index contributed by atoms with van der Waals surface area (Å²) in [5.74, 6) is 4.94. The van der Waals surface area contributed by atoms with Crippen LogP contribution < -0.4 is 14.9 Å². The first-order valence-corrected chi connectivity index (χ1v) is 12.4. The van der Waals surface area contributed by atoms with Gasteiger partial charge in [-0.15, -0.1) is 5.92 Å². The molecule has 2 aromatic carbocycles. The van der Waals surface area contributed by atoms with Gasteiger partial charge < -0.3 is 14.7 Å². The molecule has 0 saturated heterocycles. The number of benzene rings is 2. The molecular formula is C24H29N3O7S. The van der Waals surface area contributed by atoms with Crippen molar-refractivity contribution in [3.8, 4) is 17.6 Å². The maximum atomic E-state index is 12.7. The number of hydrogen-bond donors (Lipinski definition) is 4. The molecule has 1 atom stereocenters. The van der Waals surface area contributed by atoms with Crippen molar-refractivity contribution in [2.75, 3.05) is 13.2 Å². The number of hydrogen-bond acceptors (Lipinski definition) is 6. The molecule has 0 radical (unpaired) electrons. The van der Waals surface area contributed by atoms with E-state index in [4.69, 9.17) is 9.94 Å². The molecule has 10 nitrogen and oxygen atoms in total. The zero-order chi connectivity index (χ0) is 25.7. The summed E-state index contributed by atoms with van der Waals surface area (Å²) in [5.41, 5.74) is 2.32. The van der Waals surface area contributed by atoms with Crippen LogP contribution in [0.4, 0.5) is 4.79 Å². The van der Waals surface area contributed by atoms with E-state index in [9.17, 15) is 23.1 Å². The predicted octanol–water partition coefficient (Wildman–Crippen LogP) is 2.59. The molecule has 0 spiro atoms. The smallest absolute Gasteiger partial charge is 0.407 e. The topological polar surface area (TPSA) is 145 Å². The van der Waals surface area contributed by atoms with Crippen LogP contribution in [0.15, 0.2) is 59.5 Å². The largest absolute Gasteiger partial charge is 0.481 e. The molecule has 0 bridgehead atoms. The number of carbonyl (C=O) groups is 2. The fourth-order valence-corrected chi connectivity index (χ4v) is 4.41. The molecule has 0 aliphatic rings. The summed E-state index contributed by atoms with van der Waals surface area (Å²) in [5, 5.41) is 18.5. The summed E-state index contributed by atoms with van der Waals surface area (Å²) in [7, 11) is -4.07. The Morgan fingerprint density at radius 1 is 1.09 bits per heavy atom. The second-order valence-electron chi connectivity index (χ2n) is 7.52. The second kappa shape index (κ2) is 14.0. The third kappa shape index (κ3) is 9.29. The van der Waals surface area contributed by atoms with Crippen molar-refractivity contribution in [3.05, 3.63) is 60.2 Å².